The topological polar surface area (TPSA) is 68.4 Å². The van der Waals surface area contributed by atoms with E-state index in [1.54, 1.807) is 0 Å². The van der Waals surface area contributed by atoms with Crippen LogP contribution in [0.1, 0.15) is 37.5 Å². The number of piperazine rings is 1. The maximum absolute atomic E-state index is 13.7. The number of rotatable bonds is 4. The van der Waals surface area contributed by atoms with Crippen molar-refractivity contribution < 1.29 is 14.0 Å². The van der Waals surface area contributed by atoms with E-state index in [0.29, 0.717) is 30.0 Å². The second kappa shape index (κ2) is 9.49. The smallest absolute Gasteiger partial charge is 0.272 e. The summed E-state index contributed by atoms with van der Waals surface area (Å²) in [6.45, 7) is 8.81. The highest BCUT2D eigenvalue weighted by molar-refractivity contribution is 6.15. The number of halogens is 1. The van der Waals surface area contributed by atoms with Gasteiger partial charge in [0.15, 0.2) is 0 Å². The molecule has 4 aromatic rings. The lowest BCUT2D eigenvalue weighted by molar-refractivity contribution is 0.0743. The van der Waals surface area contributed by atoms with Gasteiger partial charge in [-0.15, -0.1) is 0 Å². The first-order chi connectivity index (χ1) is 17.3. The van der Waals surface area contributed by atoms with E-state index >= 15 is 0 Å². The lowest BCUT2D eigenvalue weighted by atomic mass is 10.1. The van der Waals surface area contributed by atoms with E-state index in [1.165, 1.54) is 41.1 Å². The monoisotopic (exact) mass is 484 g/mol. The van der Waals surface area contributed by atoms with Crippen LogP contribution in [0.4, 0.5) is 15.8 Å². The third-order valence-corrected chi connectivity index (χ3v) is 7.00. The number of amides is 2. The summed E-state index contributed by atoms with van der Waals surface area (Å²) in [5.74, 6) is -0.963. The predicted octanol–water partition coefficient (Wildman–Crippen LogP) is 5.45. The number of fused-ring (bicyclic) bond motifs is 1. The fourth-order valence-electron chi connectivity index (χ4n) is 4.77. The maximum Gasteiger partial charge on any atom is 0.272 e. The van der Waals surface area contributed by atoms with Gasteiger partial charge in [0.25, 0.3) is 11.8 Å². The molecule has 0 atom stereocenters. The van der Waals surface area contributed by atoms with Gasteiger partial charge in [0.2, 0.25) is 0 Å². The van der Waals surface area contributed by atoms with Crippen molar-refractivity contribution in [2.24, 2.45) is 0 Å². The van der Waals surface area contributed by atoms with Gasteiger partial charge in [0.1, 0.15) is 11.5 Å². The molecule has 2 N–H and O–H groups in total. The number of aromatic amines is 1. The zero-order valence-corrected chi connectivity index (χ0v) is 20.7. The van der Waals surface area contributed by atoms with Gasteiger partial charge < -0.3 is 20.1 Å². The largest absolute Gasteiger partial charge is 0.368 e. The summed E-state index contributed by atoms with van der Waals surface area (Å²) in [6.07, 6.45) is 0. The molecular formula is C29H29FN4O2. The molecule has 5 rings (SSSR count). The maximum atomic E-state index is 13.7. The van der Waals surface area contributed by atoms with Crippen LogP contribution in [-0.4, -0.2) is 47.9 Å². The Morgan fingerprint density at radius 1 is 0.917 bits per heavy atom. The molecule has 0 aliphatic carbocycles. The molecule has 1 saturated heterocycles. The summed E-state index contributed by atoms with van der Waals surface area (Å²) in [5, 5.41) is 3.68. The van der Waals surface area contributed by atoms with Gasteiger partial charge in [-0.3, -0.25) is 9.59 Å². The van der Waals surface area contributed by atoms with Gasteiger partial charge in [-0.05, 0) is 74.4 Å². The van der Waals surface area contributed by atoms with Crippen LogP contribution in [0.2, 0.25) is 0 Å². The Hall–Kier alpha value is -4.13. The second-order valence-electron chi connectivity index (χ2n) is 9.38. The number of benzene rings is 3. The molecule has 3 aromatic carbocycles. The average Bonchev–Trinajstić information content (AvgIpc) is 3.23. The molecule has 7 heteroatoms. The number of aryl methyl sites for hydroxylation is 2. The lowest BCUT2D eigenvalue weighted by Gasteiger charge is -2.37. The van der Waals surface area contributed by atoms with Crippen molar-refractivity contribution in [2.45, 2.75) is 20.8 Å². The highest BCUT2D eigenvalue weighted by atomic mass is 19.1. The van der Waals surface area contributed by atoms with Crippen molar-refractivity contribution in [1.82, 2.24) is 9.88 Å². The van der Waals surface area contributed by atoms with E-state index in [4.69, 9.17) is 0 Å². The summed E-state index contributed by atoms with van der Waals surface area (Å²) in [5.41, 5.74) is 6.62. The van der Waals surface area contributed by atoms with Crippen LogP contribution in [0.25, 0.3) is 10.9 Å². The summed E-state index contributed by atoms with van der Waals surface area (Å²) >= 11 is 0. The summed E-state index contributed by atoms with van der Waals surface area (Å²) in [6, 6.07) is 17.5. The van der Waals surface area contributed by atoms with Crippen molar-refractivity contribution >= 4 is 34.1 Å². The molecule has 1 aliphatic heterocycles. The molecule has 184 valence electrons. The van der Waals surface area contributed by atoms with E-state index in [2.05, 4.69) is 47.2 Å². The second-order valence-corrected chi connectivity index (χ2v) is 9.38. The van der Waals surface area contributed by atoms with E-state index in [1.807, 2.05) is 30.0 Å². The van der Waals surface area contributed by atoms with Crippen LogP contribution in [0.15, 0.2) is 60.7 Å². The number of carbonyl (C=O) groups excluding carboxylic acids is 2. The SMILES string of the molecule is Cc1ccc2[nH]c(C(=O)N3CCN(c4cccc(C)c4C)CC3)c(NC(=O)c3ccc(F)cc3)c2c1. The molecule has 0 saturated carbocycles. The van der Waals surface area contributed by atoms with E-state index < -0.39 is 11.7 Å². The van der Waals surface area contributed by atoms with Crippen molar-refractivity contribution in [2.75, 3.05) is 36.4 Å². The van der Waals surface area contributed by atoms with Crippen molar-refractivity contribution in [3.8, 4) is 0 Å². The van der Waals surface area contributed by atoms with Crippen molar-refractivity contribution in [3.05, 3.63) is 94.4 Å². The van der Waals surface area contributed by atoms with E-state index in [-0.39, 0.29) is 5.91 Å². The number of anilines is 2. The molecule has 2 heterocycles. The molecule has 36 heavy (non-hydrogen) atoms. The molecule has 1 aliphatic rings. The van der Waals surface area contributed by atoms with Crippen molar-refractivity contribution in [1.29, 1.82) is 0 Å². The molecule has 0 radical (unpaired) electrons. The van der Waals surface area contributed by atoms with Gasteiger partial charge in [-0.1, -0.05) is 23.8 Å². The zero-order valence-electron chi connectivity index (χ0n) is 20.7. The summed E-state index contributed by atoms with van der Waals surface area (Å²) < 4.78 is 13.3. The van der Waals surface area contributed by atoms with Gasteiger partial charge >= 0.3 is 0 Å². The number of hydrogen-bond donors (Lipinski definition) is 2. The molecule has 1 fully saturated rings. The number of hydrogen-bond acceptors (Lipinski definition) is 3. The quantitative estimate of drug-likeness (QED) is 0.405. The Bertz CT molecular complexity index is 1450. The number of H-pyrrole nitrogens is 1. The average molecular weight is 485 g/mol. The van der Waals surface area contributed by atoms with Crippen molar-refractivity contribution in [3.63, 3.8) is 0 Å². The van der Waals surface area contributed by atoms with Crippen LogP contribution < -0.4 is 10.2 Å². The first-order valence-corrected chi connectivity index (χ1v) is 12.1. The van der Waals surface area contributed by atoms with Gasteiger partial charge in [0, 0.05) is 48.3 Å². The molecular weight excluding hydrogens is 455 g/mol. The minimum atomic E-state index is -0.412. The highest BCUT2D eigenvalue weighted by Gasteiger charge is 2.28. The number of nitrogens with one attached hydrogen (secondary N) is 2. The highest BCUT2D eigenvalue weighted by Crippen LogP contribution is 2.31. The minimum Gasteiger partial charge on any atom is -0.368 e. The van der Waals surface area contributed by atoms with Gasteiger partial charge in [-0.2, -0.15) is 0 Å². The van der Waals surface area contributed by atoms with Crippen LogP contribution in [0.3, 0.4) is 0 Å². The lowest BCUT2D eigenvalue weighted by Crippen LogP contribution is -2.49. The van der Waals surface area contributed by atoms with E-state index in [9.17, 15) is 14.0 Å². The Kier molecular flexibility index (Phi) is 6.22. The fourth-order valence-corrected chi connectivity index (χ4v) is 4.77. The third kappa shape index (κ3) is 4.44. The van der Waals surface area contributed by atoms with Crippen LogP contribution in [0.5, 0.6) is 0 Å². The molecule has 0 spiro atoms. The van der Waals surface area contributed by atoms with Gasteiger partial charge in [0.05, 0.1) is 5.69 Å². The van der Waals surface area contributed by atoms with Crippen LogP contribution in [0, 0.1) is 26.6 Å². The van der Waals surface area contributed by atoms with Gasteiger partial charge in [-0.25, -0.2) is 4.39 Å². The summed E-state index contributed by atoms with van der Waals surface area (Å²) in [7, 11) is 0. The summed E-state index contributed by atoms with van der Waals surface area (Å²) in [4.78, 5) is 34.0. The third-order valence-electron chi connectivity index (χ3n) is 7.00. The number of carbonyl (C=O) groups is 2. The predicted molar refractivity (Wildman–Crippen MR) is 141 cm³/mol. The van der Waals surface area contributed by atoms with E-state index in [0.717, 1.165) is 29.6 Å². The molecule has 0 unspecified atom stereocenters. The van der Waals surface area contributed by atoms with Crippen LogP contribution >= 0.6 is 0 Å². The first-order valence-electron chi connectivity index (χ1n) is 12.1. The molecule has 1 aromatic heterocycles. The molecule has 0 bridgehead atoms. The Labute approximate surface area is 209 Å². The Morgan fingerprint density at radius 3 is 2.36 bits per heavy atom. The van der Waals surface area contributed by atoms with Crippen LogP contribution in [-0.2, 0) is 0 Å². The Morgan fingerprint density at radius 2 is 1.64 bits per heavy atom. The number of nitrogens with zero attached hydrogens (tertiary/aromatic N) is 2. The zero-order chi connectivity index (χ0) is 25.4. The standard InChI is InChI=1S/C29H29FN4O2/c1-18-7-12-24-23(17-18)26(32-28(35)21-8-10-22(30)11-9-21)27(31-24)29(36)34-15-13-33(14-16-34)25-6-4-5-19(2)20(25)3/h4-12,17,31H,13-16H2,1-3H3,(H,32,35). The molecule has 2 amide bonds. The fraction of sp³-hybridized carbons (Fsp3) is 0.241. The minimum absolute atomic E-state index is 0.154. The number of aromatic nitrogens is 1. The first kappa shape index (κ1) is 23.6. The Balaban J connectivity index is 1.41. The molecule has 6 nitrogen and oxygen atoms in total. The normalized spacial score (nSPS) is 13.8.